The Morgan fingerprint density at radius 2 is 1.55 bits per heavy atom. The Bertz CT molecular complexity index is 670. The van der Waals surface area contributed by atoms with Crippen molar-refractivity contribution in [3.63, 3.8) is 0 Å². The second-order valence-corrected chi connectivity index (χ2v) is 4.41. The molecule has 0 heterocycles. The molecule has 0 amide bonds. The minimum absolute atomic E-state index is 0.0349. The maximum absolute atomic E-state index is 11.4. The quantitative estimate of drug-likeness (QED) is 0.677. The Balaban J connectivity index is 2.35. The molecule has 0 aliphatic heterocycles. The van der Waals surface area contributed by atoms with Crippen LogP contribution in [0.3, 0.4) is 0 Å². The van der Waals surface area contributed by atoms with Crippen molar-refractivity contribution in [2.24, 2.45) is 0 Å². The van der Waals surface area contributed by atoms with Gasteiger partial charge in [0, 0.05) is 5.56 Å². The van der Waals surface area contributed by atoms with Crippen molar-refractivity contribution in [1.82, 2.24) is 0 Å². The van der Waals surface area contributed by atoms with E-state index >= 15 is 0 Å². The number of Topliss-reactive ketones (excluding diaryl/α,β-unsaturated/α-hetero) is 1. The molecule has 0 saturated carbocycles. The maximum Gasteiger partial charge on any atom is 0.336 e. The fraction of sp³-hybridized carbons (Fsp3) is 0.0588. The van der Waals surface area contributed by atoms with Gasteiger partial charge in [-0.15, -0.1) is 0 Å². The molecule has 0 saturated heterocycles. The van der Waals surface area contributed by atoms with Crippen molar-refractivity contribution >= 4 is 23.9 Å². The highest BCUT2D eigenvalue weighted by Gasteiger charge is 2.13. The monoisotopic (exact) mass is 266 g/mol. The fourth-order valence-corrected chi connectivity index (χ4v) is 1.91. The average molecular weight is 266 g/mol. The molecule has 100 valence electrons. The minimum Gasteiger partial charge on any atom is -0.478 e. The van der Waals surface area contributed by atoms with Gasteiger partial charge in [0.05, 0.1) is 5.56 Å². The topological polar surface area (TPSA) is 54.4 Å². The Morgan fingerprint density at radius 1 is 0.900 bits per heavy atom. The number of benzene rings is 2. The average Bonchev–Trinajstić information content (AvgIpc) is 2.45. The lowest BCUT2D eigenvalue weighted by molar-refractivity contribution is 0.0692. The molecule has 0 aromatic heterocycles. The van der Waals surface area contributed by atoms with Crippen LogP contribution in [0.1, 0.15) is 38.8 Å². The molecule has 1 N–H and O–H groups in total. The van der Waals surface area contributed by atoms with Gasteiger partial charge in [0.1, 0.15) is 0 Å². The third-order valence-electron chi connectivity index (χ3n) is 2.92. The number of ketones is 1. The normalized spacial score (nSPS) is 10.7. The van der Waals surface area contributed by atoms with Crippen LogP contribution in [0.25, 0.3) is 12.2 Å². The van der Waals surface area contributed by atoms with Crippen LogP contribution in [0.15, 0.2) is 48.5 Å². The Hall–Kier alpha value is -2.68. The van der Waals surface area contributed by atoms with Gasteiger partial charge in [-0.1, -0.05) is 48.6 Å². The van der Waals surface area contributed by atoms with Crippen LogP contribution in [-0.2, 0) is 0 Å². The zero-order valence-corrected chi connectivity index (χ0v) is 11.0. The number of rotatable bonds is 4. The van der Waals surface area contributed by atoms with E-state index in [0.29, 0.717) is 0 Å². The van der Waals surface area contributed by atoms with Crippen molar-refractivity contribution in [2.75, 3.05) is 0 Å². The number of hydrogen-bond donors (Lipinski definition) is 1. The lowest BCUT2D eigenvalue weighted by atomic mass is 10.0. The highest BCUT2D eigenvalue weighted by molar-refractivity contribution is 6.05. The predicted octanol–water partition coefficient (Wildman–Crippen LogP) is 3.76. The molecular weight excluding hydrogens is 252 g/mol. The first-order chi connectivity index (χ1) is 9.58. The molecule has 0 radical (unpaired) electrons. The lowest BCUT2D eigenvalue weighted by Gasteiger charge is -2.03. The molecule has 2 aromatic carbocycles. The van der Waals surface area contributed by atoms with Gasteiger partial charge in [-0.25, -0.2) is 4.79 Å². The van der Waals surface area contributed by atoms with Crippen LogP contribution in [-0.4, -0.2) is 16.9 Å². The third kappa shape index (κ3) is 3.20. The van der Waals surface area contributed by atoms with Gasteiger partial charge in [0.15, 0.2) is 5.78 Å². The van der Waals surface area contributed by atoms with E-state index in [4.69, 9.17) is 5.11 Å². The maximum atomic E-state index is 11.4. The first kappa shape index (κ1) is 13.7. The van der Waals surface area contributed by atoms with Gasteiger partial charge in [0.25, 0.3) is 0 Å². The van der Waals surface area contributed by atoms with Crippen LogP contribution < -0.4 is 0 Å². The molecular formula is C17H14O3. The Kier molecular flexibility index (Phi) is 4.11. The van der Waals surface area contributed by atoms with E-state index in [1.807, 2.05) is 42.5 Å². The number of aromatic carboxylic acids is 1. The first-order valence-electron chi connectivity index (χ1n) is 6.19. The van der Waals surface area contributed by atoms with Gasteiger partial charge in [-0.2, -0.15) is 0 Å². The van der Waals surface area contributed by atoms with E-state index in [9.17, 15) is 9.59 Å². The molecule has 3 nitrogen and oxygen atoms in total. The number of hydrogen-bond acceptors (Lipinski definition) is 2. The summed E-state index contributed by atoms with van der Waals surface area (Å²) in [4.78, 5) is 22.6. The largest absolute Gasteiger partial charge is 0.478 e. The van der Waals surface area contributed by atoms with Crippen LogP contribution in [0, 0.1) is 0 Å². The number of carboxylic acids is 1. The molecule has 0 bridgehead atoms. The van der Waals surface area contributed by atoms with E-state index in [2.05, 4.69) is 0 Å². The van der Waals surface area contributed by atoms with Crippen molar-refractivity contribution in [3.8, 4) is 0 Å². The van der Waals surface area contributed by atoms with E-state index < -0.39 is 5.97 Å². The highest BCUT2D eigenvalue weighted by atomic mass is 16.4. The summed E-state index contributed by atoms with van der Waals surface area (Å²) in [5.74, 6) is -1.34. The van der Waals surface area contributed by atoms with Gasteiger partial charge in [-0.05, 0) is 30.2 Å². The van der Waals surface area contributed by atoms with Gasteiger partial charge in [0.2, 0.25) is 0 Å². The molecule has 0 aliphatic rings. The van der Waals surface area contributed by atoms with Gasteiger partial charge in [-0.3, -0.25) is 4.79 Å². The zero-order valence-electron chi connectivity index (χ0n) is 11.0. The summed E-state index contributed by atoms with van der Waals surface area (Å²) in [5, 5.41) is 9.15. The molecule has 20 heavy (non-hydrogen) atoms. The fourth-order valence-electron chi connectivity index (χ4n) is 1.91. The van der Waals surface area contributed by atoms with E-state index in [-0.39, 0.29) is 16.9 Å². The van der Waals surface area contributed by atoms with Crippen LogP contribution >= 0.6 is 0 Å². The summed E-state index contributed by atoms with van der Waals surface area (Å²) < 4.78 is 0. The van der Waals surface area contributed by atoms with Crippen LogP contribution in [0.4, 0.5) is 0 Å². The van der Waals surface area contributed by atoms with Crippen LogP contribution in [0.5, 0.6) is 0 Å². The summed E-state index contributed by atoms with van der Waals surface area (Å²) >= 11 is 0. The molecule has 0 unspecified atom stereocenters. The lowest BCUT2D eigenvalue weighted by Crippen LogP contribution is -2.06. The van der Waals surface area contributed by atoms with Gasteiger partial charge < -0.3 is 5.11 Å². The second-order valence-electron chi connectivity index (χ2n) is 4.41. The summed E-state index contributed by atoms with van der Waals surface area (Å²) in [5.41, 5.74) is 2.04. The third-order valence-corrected chi connectivity index (χ3v) is 2.92. The Labute approximate surface area is 117 Å². The molecule has 0 atom stereocenters. The summed E-state index contributed by atoms with van der Waals surface area (Å²) in [6.45, 7) is 1.36. The Morgan fingerprint density at radius 3 is 2.15 bits per heavy atom. The number of carboxylic acid groups (broad SMARTS) is 1. The van der Waals surface area contributed by atoms with Crippen molar-refractivity contribution in [1.29, 1.82) is 0 Å². The molecule has 0 spiro atoms. The van der Waals surface area contributed by atoms with E-state index in [1.165, 1.54) is 13.0 Å². The summed E-state index contributed by atoms with van der Waals surface area (Å²) in [6, 6.07) is 14.5. The van der Waals surface area contributed by atoms with Crippen molar-refractivity contribution < 1.29 is 14.7 Å². The summed E-state index contributed by atoms with van der Waals surface area (Å²) in [7, 11) is 0. The minimum atomic E-state index is -1.09. The van der Waals surface area contributed by atoms with E-state index in [0.717, 1.165) is 11.1 Å². The van der Waals surface area contributed by atoms with Crippen LogP contribution in [0.2, 0.25) is 0 Å². The van der Waals surface area contributed by atoms with Gasteiger partial charge >= 0.3 is 5.97 Å². The molecule has 0 fully saturated rings. The second kappa shape index (κ2) is 5.97. The first-order valence-corrected chi connectivity index (χ1v) is 6.19. The molecule has 2 aromatic rings. The highest BCUT2D eigenvalue weighted by Crippen LogP contribution is 2.15. The number of carbonyl (C=O) groups is 2. The van der Waals surface area contributed by atoms with Crippen molar-refractivity contribution in [3.05, 3.63) is 70.8 Å². The molecule has 3 heteroatoms. The SMILES string of the molecule is CC(=O)c1ccc(C=Cc2ccccc2)cc1C(=O)O. The smallest absolute Gasteiger partial charge is 0.336 e. The van der Waals surface area contributed by atoms with Crippen molar-refractivity contribution in [2.45, 2.75) is 6.92 Å². The van der Waals surface area contributed by atoms with E-state index in [1.54, 1.807) is 12.1 Å². The number of carbonyl (C=O) groups excluding carboxylic acids is 1. The molecule has 2 rings (SSSR count). The predicted molar refractivity (Wildman–Crippen MR) is 78.8 cm³/mol. The molecule has 0 aliphatic carbocycles. The zero-order chi connectivity index (χ0) is 14.5. The summed E-state index contributed by atoms with van der Waals surface area (Å²) in [6.07, 6.45) is 3.72. The standard InChI is InChI=1S/C17H14O3/c1-12(18)15-10-9-14(11-16(15)17(19)20)8-7-13-5-3-2-4-6-13/h2-11H,1H3,(H,19,20).